The first-order valence-electron chi connectivity index (χ1n) is 8.08. The minimum atomic E-state index is 0. The summed E-state index contributed by atoms with van der Waals surface area (Å²) in [7, 11) is 3.27. The Kier molecular flexibility index (Phi) is 7.47. The zero-order valence-corrected chi connectivity index (χ0v) is 17.5. The van der Waals surface area contributed by atoms with Crippen molar-refractivity contribution in [1.29, 1.82) is 0 Å². The molecule has 0 amide bonds. The van der Waals surface area contributed by atoms with E-state index < -0.39 is 0 Å². The van der Waals surface area contributed by atoms with E-state index in [4.69, 9.17) is 15.2 Å². The minimum absolute atomic E-state index is 0. The summed E-state index contributed by atoms with van der Waals surface area (Å²) in [5.74, 6) is 1.92. The molecule has 8 heteroatoms. The van der Waals surface area contributed by atoms with Gasteiger partial charge in [0, 0.05) is 11.9 Å². The Hall–Kier alpha value is -2.75. The van der Waals surface area contributed by atoms with Crippen LogP contribution in [0.2, 0.25) is 0 Å². The molecule has 0 aliphatic rings. The number of halogens is 1. The minimum Gasteiger partial charge on any atom is -0.497 e. The van der Waals surface area contributed by atoms with Crippen molar-refractivity contribution in [1.82, 2.24) is 9.78 Å². The largest absolute Gasteiger partial charge is 0.497 e. The lowest BCUT2D eigenvalue weighted by atomic mass is 10.3. The number of nitrogens with two attached hydrogens (primary N) is 1. The normalized spacial score (nSPS) is 10.8. The Bertz CT molecular complexity index is 876. The molecule has 27 heavy (non-hydrogen) atoms. The van der Waals surface area contributed by atoms with Gasteiger partial charge >= 0.3 is 0 Å². The lowest BCUT2D eigenvalue weighted by Gasteiger charge is -2.06. The van der Waals surface area contributed by atoms with Crippen LogP contribution in [-0.4, -0.2) is 30.0 Å². The molecule has 1 aromatic heterocycles. The van der Waals surface area contributed by atoms with E-state index in [1.54, 1.807) is 18.9 Å². The number of nitrogens with one attached hydrogen (secondary N) is 1. The average Bonchev–Trinajstić information content (AvgIpc) is 3.16. The van der Waals surface area contributed by atoms with Crippen molar-refractivity contribution in [3.05, 3.63) is 66.5 Å². The Morgan fingerprint density at radius 3 is 2.19 bits per heavy atom. The van der Waals surface area contributed by atoms with E-state index in [1.807, 2.05) is 60.8 Å². The third-order valence-corrected chi connectivity index (χ3v) is 3.76. The number of aromatic nitrogens is 2. The smallest absolute Gasteiger partial charge is 0.193 e. The van der Waals surface area contributed by atoms with Crippen LogP contribution in [-0.2, 0) is 6.54 Å². The maximum absolute atomic E-state index is 5.93. The highest BCUT2D eigenvalue weighted by Gasteiger charge is 2.02. The number of rotatable bonds is 6. The zero-order chi connectivity index (χ0) is 18.4. The zero-order valence-electron chi connectivity index (χ0n) is 15.1. The van der Waals surface area contributed by atoms with Crippen LogP contribution >= 0.6 is 24.0 Å². The Morgan fingerprint density at radius 2 is 1.59 bits per heavy atom. The topological polar surface area (TPSA) is 86.7 Å². The van der Waals surface area contributed by atoms with Gasteiger partial charge in [-0.05, 0) is 54.6 Å². The van der Waals surface area contributed by atoms with Gasteiger partial charge in [0.25, 0.3) is 0 Å². The van der Waals surface area contributed by atoms with Gasteiger partial charge < -0.3 is 20.5 Å². The van der Waals surface area contributed by atoms with Gasteiger partial charge in [-0.1, -0.05) is 0 Å². The summed E-state index contributed by atoms with van der Waals surface area (Å²) in [5, 5.41) is 7.54. The van der Waals surface area contributed by atoms with Crippen LogP contribution in [0.15, 0.2) is 65.8 Å². The predicted molar refractivity (Wildman–Crippen MR) is 117 cm³/mol. The molecule has 0 aliphatic carbocycles. The van der Waals surface area contributed by atoms with Crippen LogP contribution in [0.1, 0.15) is 5.69 Å². The van der Waals surface area contributed by atoms with Crippen molar-refractivity contribution in [3.63, 3.8) is 0 Å². The molecular weight excluding hydrogens is 457 g/mol. The van der Waals surface area contributed by atoms with E-state index in [9.17, 15) is 0 Å². The Balaban J connectivity index is 0.00000261. The SMILES string of the molecule is COc1ccc(NC(N)=NCc2ccn(-c3ccc(OC)cc3)n2)cc1.I. The molecule has 1 heterocycles. The van der Waals surface area contributed by atoms with Gasteiger partial charge in [0.2, 0.25) is 0 Å². The van der Waals surface area contributed by atoms with Crippen LogP contribution in [0.4, 0.5) is 5.69 Å². The first-order chi connectivity index (χ1) is 12.7. The lowest BCUT2D eigenvalue weighted by molar-refractivity contribution is 0.414. The molecule has 0 saturated carbocycles. The number of hydrogen-bond donors (Lipinski definition) is 2. The van der Waals surface area contributed by atoms with Crippen LogP contribution < -0.4 is 20.5 Å². The van der Waals surface area contributed by atoms with E-state index in [0.29, 0.717) is 12.5 Å². The second-order valence-corrected chi connectivity index (χ2v) is 5.50. The average molecular weight is 479 g/mol. The summed E-state index contributed by atoms with van der Waals surface area (Å²) in [6.45, 7) is 0.387. The maximum atomic E-state index is 5.93. The van der Waals surface area contributed by atoms with E-state index in [0.717, 1.165) is 28.6 Å². The Labute approximate surface area is 175 Å². The van der Waals surface area contributed by atoms with Crippen LogP contribution in [0, 0.1) is 0 Å². The van der Waals surface area contributed by atoms with Crippen LogP contribution in [0.3, 0.4) is 0 Å². The van der Waals surface area contributed by atoms with Crippen molar-refractivity contribution in [2.45, 2.75) is 6.54 Å². The van der Waals surface area contributed by atoms with Crippen LogP contribution in [0.5, 0.6) is 11.5 Å². The number of guanidine groups is 1. The highest BCUT2D eigenvalue weighted by molar-refractivity contribution is 14.0. The fourth-order valence-corrected chi connectivity index (χ4v) is 2.35. The quantitative estimate of drug-likeness (QED) is 0.322. The standard InChI is InChI=1S/C19H21N5O2.HI/c1-25-17-7-3-14(4-8-17)22-19(20)21-13-15-11-12-24(23-15)16-5-9-18(26-2)10-6-16;/h3-12H,13H2,1-2H3,(H3,20,21,22);1H. The molecule has 0 unspecified atom stereocenters. The monoisotopic (exact) mass is 479 g/mol. The molecule has 3 N–H and O–H groups in total. The molecule has 0 bridgehead atoms. The first kappa shape index (κ1) is 20.6. The van der Waals surface area contributed by atoms with E-state index in [1.165, 1.54) is 0 Å². The van der Waals surface area contributed by atoms with Crippen molar-refractivity contribution in [2.24, 2.45) is 10.7 Å². The molecule has 0 spiro atoms. The maximum Gasteiger partial charge on any atom is 0.193 e. The summed E-state index contributed by atoms with van der Waals surface area (Å²) < 4.78 is 12.1. The van der Waals surface area contributed by atoms with Gasteiger partial charge in [0.1, 0.15) is 11.5 Å². The highest BCUT2D eigenvalue weighted by atomic mass is 127. The molecule has 142 valence electrons. The number of hydrogen-bond acceptors (Lipinski definition) is 4. The molecule has 3 aromatic rings. The molecule has 0 atom stereocenters. The van der Waals surface area contributed by atoms with Crippen molar-refractivity contribution in [2.75, 3.05) is 19.5 Å². The summed E-state index contributed by atoms with van der Waals surface area (Å²) >= 11 is 0. The molecule has 2 aromatic carbocycles. The summed E-state index contributed by atoms with van der Waals surface area (Å²) in [4.78, 5) is 4.32. The number of aliphatic imine (C=N–C) groups is 1. The third-order valence-electron chi connectivity index (χ3n) is 3.76. The molecule has 0 saturated heterocycles. The molecule has 7 nitrogen and oxygen atoms in total. The summed E-state index contributed by atoms with van der Waals surface area (Å²) in [6, 6.07) is 17.0. The number of nitrogens with zero attached hydrogens (tertiary/aromatic N) is 3. The lowest BCUT2D eigenvalue weighted by Crippen LogP contribution is -2.22. The molecular formula is C19H22IN5O2. The molecule has 0 radical (unpaired) electrons. The van der Waals surface area contributed by atoms with Gasteiger partial charge in [0.15, 0.2) is 5.96 Å². The van der Waals surface area contributed by atoms with Crippen molar-refractivity contribution in [3.8, 4) is 17.2 Å². The van der Waals surface area contributed by atoms with Crippen molar-refractivity contribution >= 4 is 35.6 Å². The number of benzene rings is 2. The molecule has 0 fully saturated rings. The molecule has 0 aliphatic heterocycles. The second kappa shape index (κ2) is 9.81. The summed E-state index contributed by atoms with van der Waals surface area (Å²) in [6.07, 6.45) is 1.89. The van der Waals surface area contributed by atoms with Gasteiger partial charge in [0.05, 0.1) is 32.1 Å². The fourth-order valence-electron chi connectivity index (χ4n) is 2.35. The van der Waals surface area contributed by atoms with E-state index in [2.05, 4.69) is 15.4 Å². The van der Waals surface area contributed by atoms with E-state index >= 15 is 0 Å². The predicted octanol–water partition coefficient (Wildman–Crippen LogP) is 3.43. The first-order valence-corrected chi connectivity index (χ1v) is 8.08. The van der Waals surface area contributed by atoms with E-state index in [-0.39, 0.29) is 24.0 Å². The number of anilines is 1. The fraction of sp³-hybridized carbons (Fsp3) is 0.158. The summed E-state index contributed by atoms with van der Waals surface area (Å²) in [5.41, 5.74) is 8.55. The van der Waals surface area contributed by atoms with Gasteiger partial charge in [-0.15, -0.1) is 24.0 Å². The van der Waals surface area contributed by atoms with Crippen LogP contribution in [0.25, 0.3) is 5.69 Å². The second-order valence-electron chi connectivity index (χ2n) is 5.50. The van der Waals surface area contributed by atoms with Crippen molar-refractivity contribution < 1.29 is 9.47 Å². The molecule has 3 rings (SSSR count). The Morgan fingerprint density at radius 1 is 1.00 bits per heavy atom. The highest BCUT2D eigenvalue weighted by Crippen LogP contribution is 2.16. The number of methoxy groups -OCH3 is 2. The van der Waals surface area contributed by atoms with Gasteiger partial charge in [-0.3, -0.25) is 0 Å². The van der Waals surface area contributed by atoms with Gasteiger partial charge in [-0.25, -0.2) is 9.67 Å². The third kappa shape index (κ3) is 5.61. The van der Waals surface area contributed by atoms with Gasteiger partial charge in [-0.2, -0.15) is 5.10 Å². The number of ether oxygens (including phenoxy) is 2.